The predicted octanol–water partition coefficient (Wildman–Crippen LogP) is 3.09. The fraction of sp³-hybridized carbons (Fsp3) is 0.250. The highest BCUT2D eigenvalue weighted by Gasteiger charge is 2.26. The maximum Gasteiger partial charge on any atom is 0.269 e. The number of rotatable bonds is 6. The van der Waals surface area contributed by atoms with Gasteiger partial charge < -0.3 is 9.15 Å². The van der Waals surface area contributed by atoms with Crippen LogP contribution in [-0.4, -0.2) is 44.7 Å². The first-order chi connectivity index (χ1) is 16.4. The predicted molar refractivity (Wildman–Crippen MR) is 126 cm³/mol. The normalized spacial score (nSPS) is 14.9. The van der Waals surface area contributed by atoms with Crippen LogP contribution in [-0.2, 0) is 14.8 Å². The molecule has 4 rings (SSSR count). The van der Waals surface area contributed by atoms with Crippen molar-refractivity contribution in [3.05, 3.63) is 65.9 Å². The lowest BCUT2D eigenvalue weighted by atomic mass is 10.2. The van der Waals surface area contributed by atoms with Crippen molar-refractivity contribution < 1.29 is 27.2 Å². The first-order valence-corrected chi connectivity index (χ1v) is 12.3. The van der Waals surface area contributed by atoms with Crippen LogP contribution in [0.1, 0.15) is 35.4 Å². The molecule has 3 aromatic rings. The minimum absolute atomic E-state index is 0.0496. The summed E-state index contributed by atoms with van der Waals surface area (Å²) in [6.07, 6.45) is 5.32. The molecule has 0 spiro atoms. The number of carbonyl (C=O) groups excluding carboxylic acids is 2. The van der Waals surface area contributed by atoms with Gasteiger partial charge in [0.25, 0.3) is 11.8 Å². The number of piperidine rings is 1. The van der Waals surface area contributed by atoms with E-state index in [9.17, 15) is 18.0 Å². The summed E-state index contributed by atoms with van der Waals surface area (Å²) in [5.74, 6) is -0.196. The zero-order valence-corrected chi connectivity index (χ0v) is 19.4. The number of nitrogens with zero attached hydrogens (tertiary/aromatic N) is 1. The Bertz CT molecular complexity index is 1340. The van der Waals surface area contributed by atoms with Gasteiger partial charge in [-0.15, -0.1) is 0 Å². The standard InChI is InChI=1S/C24H25N3O6S/c1-32-21-10-6-7-17-15-19(33-23(17)21)11-12-22(28)25-26-24(29)18-8-5-9-20(16-18)34(30,31)27-13-3-2-4-14-27/h5-12,15-16H,2-4,13-14H2,1H3,(H,25,28)(H,26,29)/b12-11+. The molecule has 1 aromatic heterocycles. The number of ether oxygens (including phenoxy) is 1. The van der Waals surface area contributed by atoms with E-state index in [1.54, 1.807) is 19.2 Å². The van der Waals surface area contributed by atoms with Crippen LogP contribution in [0.5, 0.6) is 5.75 Å². The second-order valence-corrected chi connectivity index (χ2v) is 9.73. The Hall–Kier alpha value is -3.63. The summed E-state index contributed by atoms with van der Waals surface area (Å²) in [6, 6.07) is 13.0. The Morgan fingerprint density at radius 2 is 1.79 bits per heavy atom. The lowest BCUT2D eigenvalue weighted by Crippen LogP contribution is -2.41. The number of nitrogens with one attached hydrogen (secondary N) is 2. The van der Waals surface area contributed by atoms with Gasteiger partial charge in [0.1, 0.15) is 5.76 Å². The quantitative estimate of drug-likeness (QED) is 0.411. The van der Waals surface area contributed by atoms with E-state index in [0.717, 1.165) is 24.6 Å². The molecule has 178 valence electrons. The van der Waals surface area contributed by atoms with E-state index in [1.165, 1.54) is 40.7 Å². The number of para-hydroxylation sites is 1. The Labute approximate surface area is 197 Å². The van der Waals surface area contributed by atoms with Gasteiger partial charge >= 0.3 is 0 Å². The van der Waals surface area contributed by atoms with Gasteiger partial charge in [-0.05, 0) is 49.2 Å². The summed E-state index contributed by atoms with van der Waals surface area (Å²) < 4.78 is 38.1. The number of amides is 2. The van der Waals surface area contributed by atoms with Crippen LogP contribution in [0.15, 0.2) is 63.9 Å². The topological polar surface area (TPSA) is 118 Å². The highest BCUT2D eigenvalue weighted by Crippen LogP contribution is 2.28. The van der Waals surface area contributed by atoms with Crippen LogP contribution in [0, 0.1) is 0 Å². The van der Waals surface area contributed by atoms with Crippen LogP contribution < -0.4 is 15.6 Å². The molecule has 0 radical (unpaired) electrons. The summed E-state index contributed by atoms with van der Waals surface area (Å²) in [6.45, 7) is 0.943. The molecule has 2 amide bonds. The molecular weight excluding hydrogens is 458 g/mol. The Morgan fingerprint density at radius 1 is 1.03 bits per heavy atom. The van der Waals surface area contributed by atoms with Gasteiger partial charge in [0.05, 0.1) is 12.0 Å². The van der Waals surface area contributed by atoms with E-state index in [0.29, 0.717) is 30.2 Å². The van der Waals surface area contributed by atoms with Crippen LogP contribution in [0.2, 0.25) is 0 Å². The van der Waals surface area contributed by atoms with Crippen molar-refractivity contribution >= 4 is 38.9 Å². The van der Waals surface area contributed by atoms with Crippen molar-refractivity contribution in [2.75, 3.05) is 20.2 Å². The summed E-state index contributed by atoms with van der Waals surface area (Å²) in [5.41, 5.74) is 5.25. The molecule has 1 saturated heterocycles. The van der Waals surface area contributed by atoms with E-state index >= 15 is 0 Å². The van der Waals surface area contributed by atoms with Crippen LogP contribution in [0.4, 0.5) is 0 Å². The van der Waals surface area contributed by atoms with Crippen LogP contribution >= 0.6 is 0 Å². The largest absolute Gasteiger partial charge is 0.493 e. The third kappa shape index (κ3) is 5.13. The third-order valence-corrected chi connectivity index (χ3v) is 7.39. The van der Waals surface area contributed by atoms with E-state index in [1.807, 2.05) is 12.1 Å². The number of methoxy groups -OCH3 is 1. The lowest BCUT2D eigenvalue weighted by Gasteiger charge is -2.26. The first-order valence-electron chi connectivity index (χ1n) is 10.8. The van der Waals surface area contributed by atoms with Gasteiger partial charge in [0, 0.05) is 30.1 Å². The third-order valence-electron chi connectivity index (χ3n) is 5.49. The maximum atomic E-state index is 12.9. The van der Waals surface area contributed by atoms with Crippen molar-refractivity contribution in [1.29, 1.82) is 0 Å². The van der Waals surface area contributed by atoms with E-state index in [-0.39, 0.29) is 10.5 Å². The zero-order chi connectivity index (χ0) is 24.1. The number of carbonyl (C=O) groups is 2. The van der Waals surface area contributed by atoms with Crippen molar-refractivity contribution in [1.82, 2.24) is 15.2 Å². The lowest BCUT2D eigenvalue weighted by molar-refractivity contribution is -0.117. The van der Waals surface area contributed by atoms with Gasteiger partial charge in [0.15, 0.2) is 11.3 Å². The van der Waals surface area contributed by atoms with Crippen LogP contribution in [0.3, 0.4) is 0 Å². The minimum Gasteiger partial charge on any atom is -0.493 e. The molecule has 0 aliphatic carbocycles. The number of fused-ring (bicyclic) bond motifs is 1. The number of sulfonamides is 1. The summed E-state index contributed by atoms with van der Waals surface area (Å²) in [4.78, 5) is 24.7. The molecule has 0 saturated carbocycles. The average Bonchev–Trinajstić information content (AvgIpc) is 3.30. The first kappa shape index (κ1) is 23.5. The summed E-state index contributed by atoms with van der Waals surface area (Å²) >= 11 is 0. The van der Waals surface area contributed by atoms with Crippen LogP contribution in [0.25, 0.3) is 17.0 Å². The summed E-state index contributed by atoms with van der Waals surface area (Å²) in [7, 11) is -2.13. The fourth-order valence-electron chi connectivity index (χ4n) is 3.74. The molecule has 9 nitrogen and oxygen atoms in total. The number of furan rings is 1. The SMILES string of the molecule is COc1cccc2cc(/C=C/C(=O)NNC(=O)c3cccc(S(=O)(=O)N4CCCCC4)c3)oc12. The van der Waals surface area contributed by atoms with E-state index in [2.05, 4.69) is 10.9 Å². The maximum absolute atomic E-state index is 12.9. The molecular formula is C24H25N3O6S. The zero-order valence-electron chi connectivity index (χ0n) is 18.6. The van der Waals surface area contributed by atoms with Gasteiger partial charge in [-0.2, -0.15) is 4.31 Å². The fourth-order valence-corrected chi connectivity index (χ4v) is 5.30. The molecule has 0 atom stereocenters. The highest BCUT2D eigenvalue weighted by molar-refractivity contribution is 7.89. The highest BCUT2D eigenvalue weighted by atomic mass is 32.2. The van der Waals surface area contributed by atoms with Gasteiger partial charge in [0.2, 0.25) is 10.0 Å². The molecule has 2 heterocycles. The Kier molecular flexibility index (Phi) is 6.99. The molecule has 0 bridgehead atoms. The number of hydrogen-bond donors (Lipinski definition) is 2. The molecule has 34 heavy (non-hydrogen) atoms. The van der Waals surface area contributed by atoms with Crippen molar-refractivity contribution in [3.8, 4) is 5.75 Å². The van der Waals surface area contributed by atoms with E-state index < -0.39 is 21.8 Å². The van der Waals surface area contributed by atoms with Crippen molar-refractivity contribution in [2.24, 2.45) is 0 Å². The van der Waals surface area contributed by atoms with Gasteiger partial charge in [-0.1, -0.05) is 24.6 Å². The minimum atomic E-state index is -3.67. The molecule has 2 N–H and O–H groups in total. The number of benzene rings is 2. The molecule has 2 aromatic carbocycles. The number of hydrogen-bond acceptors (Lipinski definition) is 6. The summed E-state index contributed by atoms with van der Waals surface area (Å²) in [5, 5.41) is 0.826. The van der Waals surface area contributed by atoms with Crippen molar-refractivity contribution in [2.45, 2.75) is 24.2 Å². The monoisotopic (exact) mass is 483 g/mol. The molecule has 0 unspecified atom stereocenters. The molecule has 1 aliphatic rings. The second-order valence-electron chi connectivity index (χ2n) is 7.80. The Balaban J connectivity index is 1.38. The molecule has 1 fully saturated rings. The molecule has 10 heteroatoms. The van der Waals surface area contributed by atoms with Gasteiger partial charge in [-0.25, -0.2) is 8.42 Å². The van der Waals surface area contributed by atoms with Crippen molar-refractivity contribution in [3.63, 3.8) is 0 Å². The van der Waals surface area contributed by atoms with E-state index in [4.69, 9.17) is 9.15 Å². The molecule has 1 aliphatic heterocycles. The Morgan fingerprint density at radius 3 is 2.56 bits per heavy atom. The smallest absolute Gasteiger partial charge is 0.269 e. The van der Waals surface area contributed by atoms with Gasteiger partial charge in [-0.3, -0.25) is 20.4 Å². The second kappa shape index (κ2) is 10.1. The average molecular weight is 484 g/mol. The number of hydrazine groups is 1.